The van der Waals surface area contributed by atoms with Gasteiger partial charge in [-0.2, -0.15) is 18.3 Å². The first-order chi connectivity index (χ1) is 16.1. The summed E-state index contributed by atoms with van der Waals surface area (Å²) in [4.78, 5) is 32.5. The summed E-state index contributed by atoms with van der Waals surface area (Å²) < 4.78 is 41.5. The molecule has 2 aliphatic heterocycles. The summed E-state index contributed by atoms with van der Waals surface area (Å²) in [6, 6.07) is 5.44. The molecule has 0 bridgehead atoms. The maximum atomic E-state index is 13.3. The van der Waals surface area contributed by atoms with Crippen LogP contribution in [0.4, 0.5) is 24.5 Å². The number of benzene rings is 1. The van der Waals surface area contributed by atoms with Crippen LogP contribution in [0, 0.1) is 6.92 Å². The molecular formula is C23H23F3N6O2. The van der Waals surface area contributed by atoms with Gasteiger partial charge >= 0.3 is 6.18 Å². The van der Waals surface area contributed by atoms with Gasteiger partial charge in [-0.25, -0.2) is 4.98 Å². The fourth-order valence-corrected chi connectivity index (χ4v) is 4.84. The van der Waals surface area contributed by atoms with Crippen molar-refractivity contribution < 1.29 is 22.8 Å². The first-order valence-corrected chi connectivity index (χ1v) is 11.0. The molecule has 1 unspecified atom stereocenters. The Balaban J connectivity index is 1.36. The highest BCUT2D eigenvalue weighted by molar-refractivity contribution is 6.05. The Morgan fingerprint density at radius 2 is 2.09 bits per heavy atom. The Bertz CT molecular complexity index is 1300. The number of pyridine rings is 1. The summed E-state index contributed by atoms with van der Waals surface area (Å²) in [6.07, 6.45) is -2.63. The molecule has 3 aromatic rings. The fraction of sp³-hybridized carbons (Fsp3) is 0.391. The average molecular weight is 472 g/mol. The highest BCUT2D eigenvalue weighted by Gasteiger charge is 2.48. The number of nitrogens with zero attached hydrogens (tertiary/aromatic N) is 5. The molecule has 11 heteroatoms. The minimum absolute atomic E-state index is 0.0496. The number of halogens is 3. The maximum absolute atomic E-state index is 13.3. The number of carbonyl (C=O) groups is 2. The summed E-state index contributed by atoms with van der Waals surface area (Å²) in [5.74, 6) is -1.07. The second-order valence-corrected chi connectivity index (χ2v) is 8.72. The fourth-order valence-electron chi connectivity index (χ4n) is 4.84. The molecule has 8 nitrogen and oxygen atoms in total. The lowest BCUT2D eigenvalue weighted by atomic mass is 10.1. The summed E-state index contributed by atoms with van der Waals surface area (Å²) in [5.41, 5.74) is 3.90. The number of rotatable bonds is 4. The Morgan fingerprint density at radius 3 is 2.85 bits per heavy atom. The van der Waals surface area contributed by atoms with Crippen LogP contribution in [-0.2, 0) is 18.4 Å². The van der Waals surface area contributed by atoms with E-state index in [-0.39, 0.29) is 32.0 Å². The molecule has 2 aromatic heterocycles. The predicted molar refractivity (Wildman–Crippen MR) is 119 cm³/mol. The molecule has 178 valence electrons. The molecule has 0 saturated carbocycles. The van der Waals surface area contributed by atoms with E-state index in [4.69, 9.17) is 0 Å². The van der Waals surface area contributed by atoms with Crippen molar-refractivity contribution in [2.24, 2.45) is 7.05 Å². The number of alkyl halides is 3. The molecule has 0 aliphatic carbocycles. The molecular weight excluding hydrogens is 449 g/mol. The lowest BCUT2D eigenvalue weighted by Crippen LogP contribution is -2.48. The molecule has 1 saturated heterocycles. The molecule has 2 aliphatic rings. The summed E-state index contributed by atoms with van der Waals surface area (Å²) in [7, 11) is 1.81. The monoisotopic (exact) mass is 472 g/mol. The van der Waals surface area contributed by atoms with E-state index in [2.05, 4.69) is 15.4 Å². The van der Waals surface area contributed by atoms with Gasteiger partial charge in [-0.1, -0.05) is 12.1 Å². The van der Waals surface area contributed by atoms with Gasteiger partial charge in [-0.3, -0.25) is 14.3 Å². The molecule has 1 atom stereocenters. The van der Waals surface area contributed by atoms with Crippen LogP contribution < -0.4 is 5.32 Å². The van der Waals surface area contributed by atoms with E-state index in [9.17, 15) is 22.8 Å². The smallest absolute Gasteiger partial charge is 0.354 e. The van der Waals surface area contributed by atoms with Gasteiger partial charge < -0.3 is 15.1 Å². The molecule has 1 fully saturated rings. The normalized spacial score (nSPS) is 18.1. The van der Waals surface area contributed by atoms with Crippen molar-refractivity contribution in [3.63, 3.8) is 0 Å². The van der Waals surface area contributed by atoms with E-state index in [1.807, 2.05) is 20.0 Å². The minimum Gasteiger partial charge on any atom is -0.354 e. The molecule has 0 spiro atoms. The summed E-state index contributed by atoms with van der Waals surface area (Å²) in [6.45, 7) is 1.71. The molecule has 1 N–H and O–H groups in total. The van der Waals surface area contributed by atoms with E-state index in [0.717, 1.165) is 21.6 Å². The van der Waals surface area contributed by atoms with Crippen LogP contribution in [0.3, 0.4) is 0 Å². The van der Waals surface area contributed by atoms with Crippen LogP contribution >= 0.6 is 0 Å². The molecule has 34 heavy (non-hydrogen) atoms. The summed E-state index contributed by atoms with van der Waals surface area (Å²) >= 11 is 0. The highest BCUT2D eigenvalue weighted by Crippen LogP contribution is 2.34. The predicted octanol–water partition coefficient (Wildman–Crippen LogP) is 3.53. The topological polar surface area (TPSA) is 83.4 Å². The molecule has 0 radical (unpaired) electrons. The van der Waals surface area contributed by atoms with Crippen molar-refractivity contribution in [1.29, 1.82) is 0 Å². The number of hydrogen-bond acceptors (Lipinski definition) is 5. The maximum Gasteiger partial charge on any atom is 0.408 e. The van der Waals surface area contributed by atoms with Crippen LogP contribution in [0.2, 0.25) is 0 Å². The van der Waals surface area contributed by atoms with E-state index in [0.29, 0.717) is 28.9 Å². The summed E-state index contributed by atoms with van der Waals surface area (Å²) in [5, 5.41) is 8.46. The highest BCUT2D eigenvalue weighted by atomic mass is 19.4. The number of fused-ring (bicyclic) bond motifs is 2. The van der Waals surface area contributed by atoms with E-state index in [1.165, 1.54) is 4.90 Å². The van der Waals surface area contributed by atoms with Gasteiger partial charge in [-0.05, 0) is 37.5 Å². The number of anilines is 2. The minimum atomic E-state index is -4.47. The third-order valence-electron chi connectivity index (χ3n) is 6.43. The van der Waals surface area contributed by atoms with Crippen molar-refractivity contribution in [3.8, 4) is 0 Å². The number of likely N-dealkylation sites (tertiary alicyclic amines) is 1. The van der Waals surface area contributed by atoms with Gasteiger partial charge in [0.2, 0.25) is 5.91 Å². The molecule has 2 amide bonds. The van der Waals surface area contributed by atoms with Crippen molar-refractivity contribution in [2.45, 2.75) is 38.5 Å². The van der Waals surface area contributed by atoms with Gasteiger partial charge in [0.1, 0.15) is 12.6 Å². The van der Waals surface area contributed by atoms with Crippen LogP contribution in [0.15, 0.2) is 30.5 Å². The lowest BCUT2D eigenvalue weighted by molar-refractivity contribution is -0.182. The first kappa shape index (κ1) is 22.2. The van der Waals surface area contributed by atoms with Gasteiger partial charge in [0.25, 0.3) is 5.91 Å². The first-order valence-electron chi connectivity index (χ1n) is 11.0. The number of nitrogens with one attached hydrogen (secondary N) is 1. The quantitative estimate of drug-likeness (QED) is 0.628. The van der Waals surface area contributed by atoms with Crippen molar-refractivity contribution in [3.05, 3.63) is 47.3 Å². The van der Waals surface area contributed by atoms with Crippen LogP contribution in [0.5, 0.6) is 0 Å². The Hall–Kier alpha value is -3.63. The van der Waals surface area contributed by atoms with Gasteiger partial charge in [-0.15, -0.1) is 0 Å². The van der Waals surface area contributed by atoms with Crippen molar-refractivity contribution in [1.82, 2.24) is 24.6 Å². The molecule has 5 rings (SSSR count). The zero-order chi connectivity index (χ0) is 24.2. The number of amides is 2. The number of aromatic nitrogens is 3. The molecule has 1 aromatic carbocycles. The largest absolute Gasteiger partial charge is 0.408 e. The second-order valence-electron chi connectivity index (χ2n) is 8.72. The zero-order valence-corrected chi connectivity index (χ0v) is 18.7. The van der Waals surface area contributed by atoms with E-state index >= 15 is 0 Å². The number of carbonyl (C=O) groups excluding carboxylic acids is 2. The second kappa shape index (κ2) is 8.00. The molecule has 4 heterocycles. The Labute approximate surface area is 193 Å². The zero-order valence-electron chi connectivity index (χ0n) is 18.7. The standard InChI is InChI=1S/C23H23F3N6O2/c1-13-16-9-15(10-27-21(16)30(2)29-13)28-17-6-3-5-14-11-31(22(34)20(14)17)12-19(33)32-8-4-7-18(32)23(24,25)26/h3,5-6,9-10,18,28H,4,7-8,11-12H2,1-2H3. The van der Waals surface area contributed by atoms with Crippen LogP contribution in [-0.4, -0.2) is 61.7 Å². The lowest BCUT2D eigenvalue weighted by Gasteiger charge is -2.28. The third-order valence-corrected chi connectivity index (χ3v) is 6.43. The number of aryl methyl sites for hydroxylation is 2. The Morgan fingerprint density at radius 1 is 1.29 bits per heavy atom. The van der Waals surface area contributed by atoms with Crippen LogP contribution in [0.25, 0.3) is 11.0 Å². The third kappa shape index (κ3) is 3.74. The van der Waals surface area contributed by atoms with Gasteiger partial charge in [0.05, 0.1) is 28.8 Å². The SMILES string of the molecule is Cc1nn(C)c2ncc(Nc3cccc4c3C(=O)N(CC(=O)N3CCCC3C(F)(F)F)C4)cc12. The number of hydrogen-bond donors (Lipinski definition) is 1. The Kier molecular flexibility index (Phi) is 5.22. The van der Waals surface area contributed by atoms with E-state index < -0.39 is 18.1 Å². The van der Waals surface area contributed by atoms with Gasteiger partial charge in [0, 0.05) is 25.5 Å². The van der Waals surface area contributed by atoms with Gasteiger partial charge in [0.15, 0.2) is 5.65 Å². The average Bonchev–Trinajstić information content (AvgIpc) is 3.46. The van der Waals surface area contributed by atoms with Crippen LogP contribution in [0.1, 0.15) is 34.5 Å². The van der Waals surface area contributed by atoms with Crippen molar-refractivity contribution >= 4 is 34.2 Å². The van der Waals surface area contributed by atoms with E-state index in [1.54, 1.807) is 29.1 Å². The van der Waals surface area contributed by atoms with Crippen molar-refractivity contribution in [2.75, 3.05) is 18.4 Å².